The van der Waals surface area contributed by atoms with Crippen LogP contribution in [0.1, 0.15) is 5.56 Å². The van der Waals surface area contributed by atoms with Crippen LogP contribution in [0.4, 0.5) is 11.4 Å². The number of hydrogen-bond acceptors (Lipinski definition) is 6. The van der Waals surface area contributed by atoms with Gasteiger partial charge < -0.3 is 10.4 Å². The normalized spacial score (nSPS) is 10.8. The van der Waals surface area contributed by atoms with Crippen molar-refractivity contribution >= 4 is 34.3 Å². The van der Waals surface area contributed by atoms with Crippen molar-refractivity contribution in [3.05, 3.63) is 76.3 Å². The van der Waals surface area contributed by atoms with Gasteiger partial charge in [-0.25, -0.2) is 5.43 Å². The highest BCUT2D eigenvalue weighted by Gasteiger charge is 2.10. The Morgan fingerprint density at radius 1 is 1.11 bits per heavy atom. The largest absolute Gasteiger partial charge is 0.872 e. The summed E-state index contributed by atoms with van der Waals surface area (Å²) >= 11 is 0. The number of hydrazone groups is 1. The first-order valence-corrected chi connectivity index (χ1v) is 8.03. The van der Waals surface area contributed by atoms with E-state index in [4.69, 9.17) is 0 Å². The molecular formula is C19H15N4O4-. The molecule has 0 unspecified atom stereocenters. The number of nitro groups is 1. The standard InChI is InChI=1S/C19H16N4O4/c24-15-8-9-18(23(26)27)14(10-15)11-21-22-19(25)12-20-17-7-3-5-13-4-1-2-6-16(13)17/h1-11,20,24H,12H2,(H,22,25)/p-1/b21-11-. The van der Waals surface area contributed by atoms with Crippen LogP contribution in [0.5, 0.6) is 5.75 Å². The second-order valence-corrected chi connectivity index (χ2v) is 5.65. The fourth-order valence-electron chi connectivity index (χ4n) is 2.57. The molecule has 3 aromatic rings. The van der Waals surface area contributed by atoms with Crippen LogP contribution in [-0.4, -0.2) is 23.6 Å². The molecule has 27 heavy (non-hydrogen) atoms. The second-order valence-electron chi connectivity index (χ2n) is 5.65. The number of carbonyl (C=O) groups is 1. The van der Waals surface area contributed by atoms with Gasteiger partial charge in [-0.2, -0.15) is 5.10 Å². The van der Waals surface area contributed by atoms with Crippen molar-refractivity contribution in [3.63, 3.8) is 0 Å². The molecule has 0 aromatic heterocycles. The third-order valence-corrected chi connectivity index (χ3v) is 3.82. The van der Waals surface area contributed by atoms with E-state index >= 15 is 0 Å². The van der Waals surface area contributed by atoms with Crippen molar-refractivity contribution in [2.75, 3.05) is 11.9 Å². The first-order valence-electron chi connectivity index (χ1n) is 8.03. The van der Waals surface area contributed by atoms with Gasteiger partial charge in [0.2, 0.25) is 0 Å². The average molecular weight is 363 g/mol. The summed E-state index contributed by atoms with van der Waals surface area (Å²) in [4.78, 5) is 22.3. The van der Waals surface area contributed by atoms with Crippen LogP contribution in [0.15, 0.2) is 65.8 Å². The molecule has 0 saturated heterocycles. The van der Waals surface area contributed by atoms with E-state index in [-0.39, 0.29) is 23.5 Å². The minimum Gasteiger partial charge on any atom is -0.872 e. The van der Waals surface area contributed by atoms with Crippen LogP contribution < -0.4 is 15.8 Å². The number of nitrogens with one attached hydrogen (secondary N) is 2. The first kappa shape index (κ1) is 17.9. The van der Waals surface area contributed by atoms with Crippen LogP contribution in [0.3, 0.4) is 0 Å². The minimum absolute atomic E-state index is 0.0230. The molecule has 3 aromatic carbocycles. The predicted molar refractivity (Wildman–Crippen MR) is 101 cm³/mol. The van der Waals surface area contributed by atoms with Crippen molar-refractivity contribution in [3.8, 4) is 5.75 Å². The van der Waals surface area contributed by atoms with Crippen molar-refractivity contribution < 1.29 is 14.8 Å². The smallest absolute Gasteiger partial charge is 0.278 e. The maximum atomic E-state index is 11.9. The summed E-state index contributed by atoms with van der Waals surface area (Å²) in [7, 11) is 0. The Bertz CT molecular complexity index is 1030. The van der Waals surface area contributed by atoms with Gasteiger partial charge in [0, 0.05) is 17.1 Å². The lowest BCUT2D eigenvalue weighted by Crippen LogP contribution is -2.26. The van der Waals surface area contributed by atoms with E-state index in [0.717, 1.165) is 40.9 Å². The topological polar surface area (TPSA) is 120 Å². The summed E-state index contributed by atoms with van der Waals surface area (Å²) < 4.78 is 0. The number of amides is 1. The van der Waals surface area contributed by atoms with Gasteiger partial charge in [0.25, 0.3) is 11.6 Å². The van der Waals surface area contributed by atoms with E-state index in [9.17, 15) is 20.0 Å². The Balaban J connectivity index is 1.63. The summed E-state index contributed by atoms with van der Waals surface area (Å²) in [5, 5.41) is 31.0. The van der Waals surface area contributed by atoms with Gasteiger partial charge >= 0.3 is 0 Å². The molecule has 8 nitrogen and oxygen atoms in total. The number of nitrogens with zero attached hydrogens (tertiary/aromatic N) is 2. The molecule has 2 N–H and O–H groups in total. The van der Waals surface area contributed by atoms with E-state index in [2.05, 4.69) is 15.8 Å². The fraction of sp³-hybridized carbons (Fsp3) is 0.0526. The highest BCUT2D eigenvalue weighted by atomic mass is 16.6. The van der Waals surface area contributed by atoms with Crippen molar-refractivity contribution in [1.82, 2.24) is 5.43 Å². The van der Waals surface area contributed by atoms with Gasteiger partial charge in [-0.15, -0.1) is 5.75 Å². The van der Waals surface area contributed by atoms with Crippen molar-refractivity contribution in [2.45, 2.75) is 0 Å². The summed E-state index contributed by atoms with van der Waals surface area (Å²) in [5.41, 5.74) is 2.85. The zero-order valence-corrected chi connectivity index (χ0v) is 14.1. The molecule has 0 aliphatic heterocycles. The molecule has 0 aliphatic rings. The Labute approximate surface area is 154 Å². The molecule has 0 saturated carbocycles. The van der Waals surface area contributed by atoms with Gasteiger partial charge in [0.15, 0.2) is 0 Å². The van der Waals surface area contributed by atoms with Crippen molar-refractivity contribution in [2.24, 2.45) is 5.10 Å². The van der Waals surface area contributed by atoms with E-state index in [1.54, 1.807) is 0 Å². The lowest BCUT2D eigenvalue weighted by Gasteiger charge is -2.09. The van der Waals surface area contributed by atoms with Crippen LogP contribution in [0.2, 0.25) is 0 Å². The molecule has 0 heterocycles. The average Bonchev–Trinajstić information content (AvgIpc) is 2.66. The lowest BCUT2D eigenvalue weighted by molar-refractivity contribution is -0.385. The maximum absolute atomic E-state index is 11.9. The number of carbonyl (C=O) groups excluding carboxylic acids is 1. The molecule has 136 valence electrons. The molecule has 0 bridgehead atoms. The Morgan fingerprint density at radius 3 is 2.70 bits per heavy atom. The van der Waals surface area contributed by atoms with Crippen LogP contribution in [-0.2, 0) is 4.79 Å². The number of anilines is 1. The van der Waals surface area contributed by atoms with E-state index < -0.39 is 10.8 Å². The molecule has 0 radical (unpaired) electrons. The molecular weight excluding hydrogens is 348 g/mol. The van der Waals surface area contributed by atoms with Crippen LogP contribution >= 0.6 is 0 Å². The Hall–Kier alpha value is -3.94. The highest BCUT2D eigenvalue weighted by Crippen LogP contribution is 2.22. The monoisotopic (exact) mass is 363 g/mol. The zero-order chi connectivity index (χ0) is 19.2. The minimum atomic E-state index is -0.620. The van der Waals surface area contributed by atoms with E-state index in [1.807, 2.05) is 42.5 Å². The highest BCUT2D eigenvalue weighted by molar-refractivity contribution is 5.95. The van der Waals surface area contributed by atoms with Crippen LogP contribution in [0, 0.1) is 10.1 Å². The van der Waals surface area contributed by atoms with Gasteiger partial charge in [-0.3, -0.25) is 14.9 Å². The fourth-order valence-corrected chi connectivity index (χ4v) is 2.57. The Morgan fingerprint density at radius 2 is 1.89 bits per heavy atom. The summed E-state index contributed by atoms with van der Waals surface area (Å²) in [6, 6.07) is 16.8. The summed E-state index contributed by atoms with van der Waals surface area (Å²) in [6.45, 7) is -0.0327. The van der Waals surface area contributed by atoms with E-state index in [1.165, 1.54) is 0 Å². The summed E-state index contributed by atoms with van der Waals surface area (Å²) in [5.74, 6) is -0.814. The molecule has 0 atom stereocenters. The first-order chi connectivity index (χ1) is 13.0. The molecule has 0 spiro atoms. The SMILES string of the molecule is O=C(CNc1cccc2ccccc12)N/N=C\c1cc([O-])ccc1[N+](=O)[O-]. The lowest BCUT2D eigenvalue weighted by atomic mass is 10.1. The van der Waals surface area contributed by atoms with Crippen molar-refractivity contribution in [1.29, 1.82) is 0 Å². The molecule has 3 rings (SSSR count). The quantitative estimate of drug-likeness (QED) is 0.396. The number of hydrogen-bond donors (Lipinski definition) is 2. The van der Waals surface area contributed by atoms with Gasteiger partial charge in [0.1, 0.15) is 0 Å². The summed E-state index contributed by atoms with van der Waals surface area (Å²) in [6.07, 6.45) is 1.08. The van der Waals surface area contributed by atoms with Crippen LogP contribution in [0.25, 0.3) is 10.8 Å². The van der Waals surface area contributed by atoms with Gasteiger partial charge in [0.05, 0.1) is 23.2 Å². The van der Waals surface area contributed by atoms with Gasteiger partial charge in [-0.1, -0.05) is 48.5 Å². The second kappa shape index (κ2) is 7.96. The van der Waals surface area contributed by atoms with Gasteiger partial charge in [-0.05, 0) is 11.5 Å². The Kier molecular flexibility index (Phi) is 5.27. The number of rotatable bonds is 6. The maximum Gasteiger partial charge on any atom is 0.278 e. The van der Waals surface area contributed by atoms with E-state index in [0.29, 0.717) is 0 Å². The molecule has 1 amide bonds. The zero-order valence-electron chi connectivity index (χ0n) is 14.1. The number of benzene rings is 3. The molecule has 0 aliphatic carbocycles. The number of nitro benzene ring substituents is 1. The third-order valence-electron chi connectivity index (χ3n) is 3.82. The third kappa shape index (κ3) is 4.37. The molecule has 8 heteroatoms. The number of fused-ring (bicyclic) bond motifs is 1. The predicted octanol–water partition coefficient (Wildman–Crippen LogP) is 2.38. The molecule has 0 fully saturated rings.